The Balaban J connectivity index is 1.75. The zero-order valence-electron chi connectivity index (χ0n) is 12.2. The van der Waals surface area contributed by atoms with Crippen LogP contribution in [-0.2, 0) is 14.3 Å². The standard InChI is InChI=1S/C16H12BrClFNO4/c17-10-2-1-3-12(6-10)23-9-16(22)24-8-15(21)20-14-5-4-11(18)7-13(14)19/h1-7H,8-9H2,(H,20,21). The van der Waals surface area contributed by atoms with E-state index in [9.17, 15) is 14.0 Å². The van der Waals surface area contributed by atoms with Crippen LogP contribution in [0.15, 0.2) is 46.9 Å². The smallest absolute Gasteiger partial charge is 0.344 e. The third-order valence-corrected chi connectivity index (χ3v) is 3.45. The van der Waals surface area contributed by atoms with Crippen LogP contribution in [0.2, 0.25) is 5.02 Å². The first-order valence-corrected chi connectivity index (χ1v) is 7.90. The highest BCUT2D eigenvalue weighted by Crippen LogP contribution is 2.19. The summed E-state index contributed by atoms with van der Waals surface area (Å²) in [7, 11) is 0. The Morgan fingerprint density at radius 2 is 1.96 bits per heavy atom. The molecule has 1 amide bonds. The highest BCUT2D eigenvalue weighted by Gasteiger charge is 2.11. The average Bonchev–Trinajstić information content (AvgIpc) is 2.54. The molecule has 0 aliphatic heterocycles. The zero-order chi connectivity index (χ0) is 17.5. The molecule has 0 unspecified atom stereocenters. The van der Waals surface area contributed by atoms with Crippen LogP contribution in [-0.4, -0.2) is 25.1 Å². The fraction of sp³-hybridized carbons (Fsp3) is 0.125. The molecule has 0 fully saturated rings. The number of hydrogen-bond donors (Lipinski definition) is 1. The summed E-state index contributed by atoms with van der Waals surface area (Å²) in [6.45, 7) is -0.901. The molecule has 0 saturated heterocycles. The van der Waals surface area contributed by atoms with Crippen LogP contribution in [0.4, 0.5) is 10.1 Å². The molecule has 0 bridgehead atoms. The van der Waals surface area contributed by atoms with Gasteiger partial charge in [0.25, 0.3) is 5.91 Å². The average molecular weight is 417 g/mol. The first kappa shape index (κ1) is 18.2. The van der Waals surface area contributed by atoms with Crippen molar-refractivity contribution in [2.24, 2.45) is 0 Å². The van der Waals surface area contributed by atoms with Crippen LogP contribution < -0.4 is 10.1 Å². The molecule has 0 radical (unpaired) electrons. The topological polar surface area (TPSA) is 64.6 Å². The lowest BCUT2D eigenvalue weighted by Crippen LogP contribution is -2.24. The van der Waals surface area contributed by atoms with Crippen LogP contribution in [0.3, 0.4) is 0 Å². The second-order valence-electron chi connectivity index (χ2n) is 4.58. The van der Waals surface area contributed by atoms with Crippen molar-refractivity contribution in [3.63, 3.8) is 0 Å². The molecular weight excluding hydrogens is 405 g/mol. The van der Waals surface area contributed by atoms with Crippen molar-refractivity contribution in [3.05, 3.63) is 57.8 Å². The van der Waals surface area contributed by atoms with Crippen LogP contribution in [0, 0.1) is 5.82 Å². The van der Waals surface area contributed by atoms with Crippen molar-refractivity contribution >= 4 is 45.1 Å². The summed E-state index contributed by atoms with van der Waals surface area (Å²) in [5.74, 6) is -1.59. The number of hydrogen-bond acceptors (Lipinski definition) is 4. The molecular formula is C16H12BrClFNO4. The second kappa shape index (κ2) is 8.65. The molecule has 0 aliphatic rings. The number of benzene rings is 2. The highest BCUT2D eigenvalue weighted by molar-refractivity contribution is 9.10. The van der Waals surface area contributed by atoms with Gasteiger partial charge in [-0.05, 0) is 36.4 Å². The van der Waals surface area contributed by atoms with Crippen molar-refractivity contribution in [2.75, 3.05) is 18.5 Å². The van der Waals surface area contributed by atoms with Crippen LogP contribution in [0.5, 0.6) is 5.75 Å². The first-order chi connectivity index (χ1) is 11.4. The minimum Gasteiger partial charge on any atom is -0.482 e. The summed E-state index contributed by atoms with van der Waals surface area (Å²) in [5, 5.41) is 2.49. The maximum absolute atomic E-state index is 13.5. The third kappa shape index (κ3) is 5.82. The van der Waals surface area contributed by atoms with Gasteiger partial charge in [0.1, 0.15) is 11.6 Å². The van der Waals surface area contributed by atoms with E-state index >= 15 is 0 Å². The minimum atomic E-state index is -0.721. The van der Waals surface area contributed by atoms with E-state index in [-0.39, 0.29) is 17.3 Å². The van der Waals surface area contributed by atoms with Crippen molar-refractivity contribution in [1.82, 2.24) is 0 Å². The van der Waals surface area contributed by atoms with Gasteiger partial charge in [0.05, 0.1) is 5.69 Å². The number of halogens is 3. The van der Waals surface area contributed by atoms with Crippen molar-refractivity contribution in [2.45, 2.75) is 0 Å². The number of esters is 1. The Labute approximate surface area is 150 Å². The number of ether oxygens (including phenoxy) is 2. The highest BCUT2D eigenvalue weighted by atomic mass is 79.9. The molecule has 126 valence electrons. The van der Waals surface area contributed by atoms with E-state index in [4.69, 9.17) is 21.1 Å². The summed E-state index contributed by atoms with van der Waals surface area (Å²) in [6.07, 6.45) is 0. The van der Waals surface area contributed by atoms with Gasteiger partial charge in [-0.25, -0.2) is 9.18 Å². The molecule has 0 spiro atoms. The quantitative estimate of drug-likeness (QED) is 0.728. The second-order valence-corrected chi connectivity index (χ2v) is 5.93. The van der Waals surface area contributed by atoms with E-state index < -0.39 is 24.3 Å². The van der Waals surface area contributed by atoms with Crippen LogP contribution >= 0.6 is 27.5 Å². The Morgan fingerprint density at radius 3 is 2.67 bits per heavy atom. The summed E-state index contributed by atoms with van der Waals surface area (Å²) in [4.78, 5) is 23.2. The third-order valence-electron chi connectivity index (χ3n) is 2.72. The van der Waals surface area contributed by atoms with Crippen LogP contribution in [0.25, 0.3) is 0 Å². The summed E-state index contributed by atoms with van der Waals surface area (Å²) < 4.78 is 24.3. The van der Waals surface area contributed by atoms with Gasteiger partial charge >= 0.3 is 5.97 Å². The van der Waals surface area contributed by atoms with Gasteiger partial charge in [0.15, 0.2) is 13.2 Å². The summed E-state index contributed by atoms with van der Waals surface area (Å²) >= 11 is 8.89. The van der Waals surface area contributed by atoms with Crippen molar-refractivity contribution in [1.29, 1.82) is 0 Å². The normalized spacial score (nSPS) is 10.1. The van der Waals surface area contributed by atoms with Gasteiger partial charge in [0.2, 0.25) is 0 Å². The Hall–Kier alpha value is -2.12. The van der Waals surface area contributed by atoms with Gasteiger partial charge in [0, 0.05) is 9.50 Å². The Bertz CT molecular complexity index is 757. The van der Waals surface area contributed by atoms with E-state index in [1.54, 1.807) is 18.2 Å². The minimum absolute atomic E-state index is 0.0502. The fourth-order valence-corrected chi connectivity index (χ4v) is 2.20. The number of rotatable bonds is 6. The first-order valence-electron chi connectivity index (χ1n) is 6.73. The fourth-order valence-electron chi connectivity index (χ4n) is 1.66. The van der Waals surface area contributed by atoms with E-state index in [1.165, 1.54) is 12.1 Å². The lowest BCUT2D eigenvalue weighted by Gasteiger charge is -2.08. The SMILES string of the molecule is O=C(COC(=O)COc1cccc(Br)c1)Nc1ccc(Cl)cc1F. The maximum Gasteiger partial charge on any atom is 0.344 e. The maximum atomic E-state index is 13.5. The lowest BCUT2D eigenvalue weighted by atomic mass is 10.3. The lowest BCUT2D eigenvalue weighted by molar-refractivity contribution is -0.149. The molecule has 8 heteroatoms. The van der Waals surface area contributed by atoms with E-state index in [0.717, 1.165) is 10.5 Å². The molecule has 5 nitrogen and oxygen atoms in total. The monoisotopic (exact) mass is 415 g/mol. The Kier molecular flexibility index (Phi) is 6.57. The number of nitrogens with one attached hydrogen (secondary N) is 1. The molecule has 1 N–H and O–H groups in total. The molecule has 0 aliphatic carbocycles. The molecule has 0 saturated carbocycles. The molecule has 2 aromatic carbocycles. The van der Waals surface area contributed by atoms with E-state index in [1.807, 2.05) is 6.07 Å². The summed E-state index contributed by atoms with van der Waals surface area (Å²) in [6, 6.07) is 10.7. The predicted molar refractivity (Wildman–Crippen MR) is 90.6 cm³/mol. The predicted octanol–water partition coefficient (Wildman–Crippen LogP) is 3.80. The molecule has 0 aromatic heterocycles. The molecule has 24 heavy (non-hydrogen) atoms. The number of carbonyl (C=O) groups is 2. The number of anilines is 1. The molecule has 2 rings (SSSR count). The molecule has 0 heterocycles. The molecule has 0 atom stereocenters. The van der Waals surface area contributed by atoms with Crippen molar-refractivity contribution in [3.8, 4) is 5.75 Å². The van der Waals surface area contributed by atoms with Gasteiger partial charge in [-0.3, -0.25) is 4.79 Å². The summed E-state index contributed by atoms with van der Waals surface area (Å²) in [5.41, 5.74) is -0.0502. The largest absolute Gasteiger partial charge is 0.482 e. The van der Waals surface area contributed by atoms with Gasteiger partial charge in [-0.2, -0.15) is 0 Å². The number of carbonyl (C=O) groups excluding carboxylic acids is 2. The van der Waals surface area contributed by atoms with Gasteiger partial charge in [-0.1, -0.05) is 33.6 Å². The van der Waals surface area contributed by atoms with Crippen LogP contribution in [0.1, 0.15) is 0 Å². The van der Waals surface area contributed by atoms with E-state index in [0.29, 0.717) is 5.75 Å². The van der Waals surface area contributed by atoms with Gasteiger partial charge < -0.3 is 14.8 Å². The van der Waals surface area contributed by atoms with Crippen molar-refractivity contribution < 1.29 is 23.5 Å². The Morgan fingerprint density at radius 1 is 1.17 bits per heavy atom. The van der Waals surface area contributed by atoms with E-state index in [2.05, 4.69) is 21.2 Å². The van der Waals surface area contributed by atoms with Gasteiger partial charge in [-0.15, -0.1) is 0 Å². The molecule has 2 aromatic rings. The number of amides is 1. The zero-order valence-corrected chi connectivity index (χ0v) is 14.6.